The van der Waals surface area contributed by atoms with Crippen LogP contribution in [0.2, 0.25) is 0 Å². The van der Waals surface area contributed by atoms with Gasteiger partial charge in [0.1, 0.15) is 0 Å². The van der Waals surface area contributed by atoms with Gasteiger partial charge in [0.2, 0.25) is 0 Å². The van der Waals surface area contributed by atoms with Gasteiger partial charge in [0.05, 0.1) is 11.6 Å². The van der Waals surface area contributed by atoms with Gasteiger partial charge in [-0.25, -0.2) is 0 Å². The SMILES string of the molecule is N#Cc1cc(C2CC2)c(N)c(C2CC2)c1. The van der Waals surface area contributed by atoms with Gasteiger partial charge < -0.3 is 5.73 Å². The van der Waals surface area contributed by atoms with Crippen molar-refractivity contribution in [1.29, 1.82) is 5.26 Å². The zero-order valence-electron chi connectivity index (χ0n) is 8.66. The molecule has 2 heteroatoms. The van der Waals surface area contributed by atoms with E-state index in [9.17, 15) is 0 Å². The number of hydrogen-bond donors (Lipinski definition) is 1. The highest BCUT2D eigenvalue weighted by Crippen LogP contribution is 2.49. The molecule has 0 bridgehead atoms. The molecule has 0 aliphatic heterocycles. The van der Waals surface area contributed by atoms with E-state index in [2.05, 4.69) is 6.07 Å². The molecule has 0 saturated heterocycles. The Bertz CT molecular complexity index is 415. The zero-order chi connectivity index (χ0) is 10.4. The summed E-state index contributed by atoms with van der Waals surface area (Å²) in [6, 6.07) is 6.21. The molecule has 2 fully saturated rings. The lowest BCUT2D eigenvalue weighted by molar-refractivity contribution is 1.08. The molecule has 1 aromatic carbocycles. The van der Waals surface area contributed by atoms with Gasteiger partial charge in [-0.3, -0.25) is 0 Å². The van der Waals surface area contributed by atoms with Crippen molar-refractivity contribution in [2.24, 2.45) is 0 Å². The number of anilines is 1. The van der Waals surface area contributed by atoms with Gasteiger partial charge >= 0.3 is 0 Å². The van der Waals surface area contributed by atoms with E-state index in [4.69, 9.17) is 11.0 Å². The van der Waals surface area contributed by atoms with E-state index in [1.165, 1.54) is 36.8 Å². The smallest absolute Gasteiger partial charge is 0.0991 e. The second-order valence-corrected chi connectivity index (χ2v) is 4.73. The minimum atomic E-state index is 0.635. The van der Waals surface area contributed by atoms with E-state index in [0.29, 0.717) is 11.8 Å². The van der Waals surface area contributed by atoms with E-state index in [-0.39, 0.29) is 0 Å². The summed E-state index contributed by atoms with van der Waals surface area (Å²) in [7, 11) is 0. The molecule has 0 radical (unpaired) electrons. The molecular weight excluding hydrogens is 184 g/mol. The van der Waals surface area contributed by atoms with Gasteiger partial charge in [-0.05, 0) is 60.8 Å². The third kappa shape index (κ3) is 1.48. The van der Waals surface area contributed by atoms with Gasteiger partial charge in [-0.1, -0.05) is 0 Å². The van der Waals surface area contributed by atoms with Crippen molar-refractivity contribution >= 4 is 5.69 Å². The molecule has 3 rings (SSSR count). The molecule has 2 N–H and O–H groups in total. The summed E-state index contributed by atoms with van der Waals surface area (Å²) in [6.07, 6.45) is 4.96. The first-order valence-corrected chi connectivity index (χ1v) is 5.63. The summed E-state index contributed by atoms with van der Waals surface area (Å²) >= 11 is 0. The summed E-state index contributed by atoms with van der Waals surface area (Å²) in [4.78, 5) is 0. The monoisotopic (exact) mass is 198 g/mol. The number of nitrogens with two attached hydrogens (primary N) is 1. The first kappa shape index (κ1) is 8.79. The van der Waals surface area contributed by atoms with Crippen LogP contribution in [0.1, 0.15) is 54.2 Å². The molecule has 0 aromatic heterocycles. The third-order valence-corrected chi connectivity index (χ3v) is 3.41. The Morgan fingerprint density at radius 1 is 1.07 bits per heavy atom. The van der Waals surface area contributed by atoms with Gasteiger partial charge in [0.25, 0.3) is 0 Å². The Morgan fingerprint density at radius 3 is 1.87 bits per heavy atom. The summed E-state index contributed by atoms with van der Waals surface area (Å²) < 4.78 is 0. The molecule has 2 saturated carbocycles. The van der Waals surface area contributed by atoms with E-state index in [1.54, 1.807) is 0 Å². The van der Waals surface area contributed by atoms with Crippen molar-refractivity contribution in [3.63, 3.8) is 0 Å². The van der Waals surface area contributed by atoms with Crippen molar-refractivity contribution in [2.45, 2.75) is 37.5 Å². The second kappa shape index (κ2) is 3.00. The largest absolute Gasteiger partial charge is 0.398 e. The van der Waals surface area contributed by atoms with Crippen LogP contribution < -0.4 is 5.73 Å². The van der Waals surface area contributed by atoms with Crippen molar-refractivity contribution in [3.05, 3.63) is 28.8 Å². The number of nitriles is 1. The minimum Gasteiger partial charge on any atom is -0.398 e. The number of hydrogen-bond acceptors (Lipinski definition) is 2. The van der Waals surface area contributed by atoms with E-state index < -0.39 is 0 Å². The maximum absolute atomic E-state index is 8.99. The van der Waals surface area contributed by atoms with Crippen LogP contribution in [-0.2, 0) is 0 Å². The lowest BCUT2D eigenvalue weighted by Crippen LogP contribution is -1.99. The molecule has 0 amide bonds. The topological polar surface area (TPSA) is 49.8 Å². The van der Waals surface area contributed by atoms with Gasteiger partial charge in [-0.2, -0.15) is 5.26 Å². The second-order valence-electron chi connectivity index (χ2n) is 4.73. The standard InChI is InChI=1S/C13H14N2/c14-7-8-5-11(9-1-2-9)13(15)12(6-8)10-3-4-10/h5-6,9-10H,1-4,15H2. The van der Waals surface area contributed by atoms with Crippen LogP contribution in [0.25, 0.3) is 0 Å². The average molecular weight is 198 g/mol. The maximum Gasteiger partial charge on any atom is 0.0991 e. The Kier molecular flexibility index (Phi) is 1.76. The Hall–Kier alpha value is -1.49. The number of rotatable bonds is 2. The van der Waals surface area contributed by atoms with Crippen LogP contribution in [0.5, 0.6) is 0 Å². The van der Waals surface area contributed by atoms with Crippen LogP contribution in [0, 0.1) is 11.3 Å². The molecule has 15 heavy (non-hydrogen) atoms. The van der Waals surface area contributed by atoms with Crippen molar-refractivity contribution in [2.75, 3.05) is 5.73 Å². The van der Waals surface area contributed by atoms with Crippen LogP contribution in [-0.4, -0.2) is 0 Å². The zero-order valence-corrected chi connectivity index (χ0v) is 8.66. The van der Waals surface area contributed by atoms with E-state index >= 15 is 0 Å². The third-order valence-electron chi connectivity index (χ3n) is 3.41. The molecule has 2 nitrogen and oxygen atoms in total. The summed E-state index contributed by atoms with van der Waals surface area (Å²) in [6.45, 7) is 0. The Balaban J connectivity index is 2.12. The first-order valence-electron chi connectivity index (χ1n) is 5.63. The molecule has 2 aliphatic rings. The number of benzene rings is 1. The highest BCUT2D eigenvalue weighted by molar-refractivity contribution is 5.62. The highest BCUT2D eigenvalue weighted by atomic mass is 14.6. The van der Waals surface area contributed by atoms with Gasteiger partial charge in [0, 0.05) is 5.69 Å². The Morgan fingerprint density at radius 2 is 1.53 bits per heavy atom. The number of nitrogen functional groups attached to an aromatic ring is 1. The molecule has 0 spiro atoms. The van der Waals surface area contributed by atoms with Crippen molar-refractivity contribution < 1.29 is 0 Å². The summed E-state index contributed by atoms with van der Waals surface area (Å²) in [5, 5.41) is 8.99. The fourth-order valence-electron chi connectivity index (χ4n) is 2.23. The van der Waals surface area contributed by atoms with Crippen LogP contribution >= 0.6 is 0 Å². The molecule has 0 atom stereocenters. The van der Waals surface area contributed by atoms with Crippen LogP contribution in [0.3, 0.4) is 0 Å². The quantitative estimate of drug-likeness (QED) is 0.743. The lowest BCUT2D eigenvalue weighted by Gasteiger charge is -2.10. The van der Waals surface area contributed by atoms with E-state index in [0.717, 1.165) is 11.3 Å². The Labute approximate surface area is 89.7 Å². The first-order chi connectivity index (χ1) is 7.29. The predicted octanol–water partition coefficient (Wildman–Crippen LogP) is 2.90. The molecule has 0 unspecified atom stereocenters. The normalized spacial score (nSPS) is 19.9. The fraction of sp³-hybridized carbons (Fsp3) is 0.462. The molecular formula is C13H14N2. The van der Waals surface area contributed by atoms with Crippen LogP contribution in [0.4, 0.5) is 5.69 Å². The fourth-order valence-corrected chi connectivity index (χ4v) is 2.23. The maximum atomic E-state index is 8.99. The molecule has 1 aromatic rings. The van der Waals surface area contributed by atoms with Gasteiger partial charge in [0.15, 0.2) is 0 Å². The van der Waals surface area contributed by atoms with Gasteiger partial charge in [-0.15, -0.1) is 0 Å². The summed E-state index contributed by atoms with van der Waals surface area (Å²) in [5.74, 6) is 1.27. The highest BCUT2D eigenvalue weighted by Gasteiger charge is 2.31. The summed E-state index contributed by atoms with van der Waals surface area (Å²) in [5.41, 5.74) is 10.4. The molecule has 76 valence electrons. The minimum absolute atomic E-state index is 0.635. The molecule has 2 aliphatic carbocycles. The van der Waals surface area contributed by atoms with Crippen molar-refractivity contribution in [1.82, 2.24) is 0 Å². The lowest BCUT2D eigenvalue weighted by atomic mass is 9.97. The van der Waals surface area contributed by atoms with Crippen LogP contribution in [0.15, 0.2) is 12.1 Å². The van der Waals surface area contributed by atoms with Crippen molar-refractivity contribution in [3.8, 4) is 6.07 Å². The predicted molar refractivity (Wildman–Crippen MR) is 59.5 cm³/mol. The average Bonchev–Trinajstić information content (AvgIpc) is 3.10. The van der Waals surface area contributed by atoms with E-state index in [1.807, 2.05) is 12.1 Å². The molecule has 0 heterocycles. The number of nitrogens with zero attached hydrogens (tertiary/aromatic N) is 1.